The lowest BCUT2D eigenvalue weighted by Gasteiger charge is -2.04. The second-order valence-corrected chi connectivity index (χ2v) is 5.19. The van der Waals surface area contributed by atoms with Gasteiger partial charge in [0, 0.05) is 29.7 Å². The van der Waals surface area contributed by atoms with Crippen LogP contribution in [0.2, 0.25) is 0 Å². The highest BCUT2D eigenvalue weighted by Crippen LogP contribution is 2.08. The number of aromatic amines is 1. The van der Waals surface area contributed by atoms with Crippen molar-refractivity contribution in [1.29, 1.82) is 0 Å². The van der Waals surface area contributed by atoms with E-state index < -0.39 is 0 Å². The van der Waals surface area contributed by atoms with Crippen LogP contribution in [0.5, 0.6) is 0 Å². The van der Waals surface area contributed by atoms with Crippen LogP contribution < -0.4 is 10.2 Å². The number of rotatable bonds is 3. The molecule has 0 aliphatic rings. The van der Waals surface area contributed by atoms with E-state index in [1.165, 1.54) is 0 Å². The number of aryl methyl sites for hydroxylation is 2. The predicted molar refractivity (Wildman–Crippen MR) is 68.8 cm³/mol. The van der Waals surface area contributed by atoms with Crippen molar-refractivity contribution in [2.45, 2.75) is 20.4 Å². The Morgan fingerprint density at radius 3 is 2.78 bits per heavy atom. The summed E-state index contributed by atoms with van der Waals surface area (Å²) in [6, 6.07) is 0. The minimum atomic E-state index is -0.269. The first-order chi connectivity index (χ1) is 8.49. The zero-order valence-corrected chi connectivity index (χ0v) is 11.2. The number of hydrogen-bond donors (Lipinski definition) is 2. The molecule has 0 spiro atoms. The fourth-order valence-electron chi connectivity index (χ4n) is 1.60. The van der Waals surface area contributed by atoms with Crippen LogP contribution in [0.4, 0.5) is 0 Å². The number of nitrogens with zero attached hydrogens (tertiary/aromatic N) is 2. The lowest BCUT2D eigenvalue weighted by molar-refractivity contribution is 0.0946. The SMILES string of the molecule is Cc1sc(=O)[nH]c1C(=O)NCc1cnn(C)c1C. The van der Waals surface area contributed by atoms with Gasteiger partial charge in [-0.1, -0.05) is 11.3 Å². The summed E-state index contributed by atoms with van der Waals surface area (Å²) in [5, 5.41) is 6.87. The maximum atomic E-state index is 11.9. The molecule has 0 atom stereocenters. The molecule has 1 amide bonds. The quantitative estimate of drug-likeness (QED) is 0.859. The number of carbonyl (C=O) groups is 1. The number of nitrogens with one attached hydrogen (secondary N) is 2. The van der Waals surface area contributed by atoms with Crippen LogP contribution in [0, 0.1) is 13.8 Å². The van der Waals surface area contributed by atoms with Crippen molar-refractivity contribution in [3.8, 4) is 0 Å². The molecule has 0 aliphatic heterocycles. The van der Waals surface area contributed by atoms with Crippen LogP contribution in [-0.2, 0) is 13.6 Å². The van der Waals surface area contributed by atoms with E-state index in [0.717, 1.165) is 22.6 Å². The Hall–Kier alpha value is -1.89. The van der Waals surface area contributed by atoms with E-state index in [1.807, 2.05) is 14.0 Å². The molecule has 0 fully saturated rings. The van der Waals surface area contributed by atoms with Gasteiger partial charge in [0.1, 0.15) is 5.69 Å². The van der Waals surface area contributed by atoms with Gasteiger partial charge in [-0.2, -0.15) is 5.10 Å². The van der Waals surface area contributed by atoms with Crippen molar-refractivity contribution in [1.82, 2.24) is 20.1 Å². The standard InChI is InChI=1S/C11H14N4O2S/c1-6-8(5-13-15(6)3)4-12-10(16)9-7(2)18-11(17)14-9/h5H,4H2,1-3H3,(H,12,16)(H,14,17). The number of H-pyrrole nitrogens is 1. The summed E-state index contributed by atoms with van der Waals surface area (Å²) >= 11 is 1.04. The molecule has 2 aromatic heterocycles. The van der Waals surface area contributed by atoms with Gasteiger partial charge in [0.25, 0.3) is 5.91 Å². The number of hydrogen-bond acceptors (Lipinski definition) is 4. The van der Waals surface area contributed by atoms with Crippen LogP contribution in [-0.4, -0.2) is 20.7 Å². The molecule has 0 radical (unpaired) electrons. The summed E-state index contributed by atoms with van der Waals surface area (Å²) in [4.78, 5) is 26.0. The zero-order valence-electron chi connectivity index (χ0n) is 10.4. The van der Waals surface area contributed by atoms with E-state index in [0.29, 0.717) is 17.1 Å². The van der Waals surface area contributed by atoms with E-state index in [2.05, 4.69) is 15.4 Å². The fourth-order valence-corrected chi connectivity index (χ4v) is 2.28. The zero-order chi connectivity index (χ0) is 13.3. The molecule has 2 aromatic rings. The predicted octanol–water partition coefficient (Wildman–Crippen LogP) is 0.717. The van der Waals surface area contributed by atoms with Gasteiger partial charge in [-0.3, -0.25) is 14.3 Å². The molecular formula is C11H14N4O2S. The molecule has 2 rings (SSSR count). The summed E-state index contributed by atoms with van der Waals surface area (Å²) < 4.78 is 1.75. The van der Waals surface area contributed by atoms with Gasteiger partial charge in [-0.25, -0.2) is 0 Å². The highest BCUT2D eigenvalue weighted by Gasteiger charge is 2.13. The van der Waals surface area contributed by atoms with Gasteiger partial charge in [0.05, 0.1) is 6.20 Å². The molecule has 0 aliphatic carbocycles. The Morgan fingerprint density at radius 1 is 1.56 bits per heavy atom. The topological polar surface area (TPSA) is 79.8 Å². The molecule has 0 saturated heterocycles. The largest absolute Gasteiger partial charge is 0.347 e. The van der Waals surface area contributed by atoms with Gasteiger partial charge in [-0.05, 0) is 13.8 Å². The molecule has 2 heterocycles. The number of carbonyl (C=O) groups excluding carboxylic acids is 1. The van der Waals surface area contributed by atoms with Crippen molar-refractivity contribution < 1.29 is 4.79 Å². The molecule has 96 valence electrons. The minimum absolute atomic E-state index is 0.213. The van der Waals surface area contributed by atoms with Crippen molar-refractivity contribution in [3.05, 3.63) is 37.7 Å². The van der Waals surface area contributed by atoms with E-state index in [9.17, 15) is 9.59 Å². The van der Waals surface area contributed by atoms with Gasteiger partial charge in [-0.15, -0.1) is 0 Å². The Kier molecular flexibility index (Phi) is 3.33. The van der Waals surface area contributed by atoms with Crippen LogP contribution in [0.1, 0.15) is 26.6 Å². The lowest BCUT2D eigenvalue weighted by atomic mass is 10.2. The van der Waals surface area contributed by atoms with Crippen molar-refractivity contribution >= 4 is 17.2 Å². The molecule has 0 bridgehead atoms. The third-order valence-electron chi connectivity index (χ3n) is 2.83. The molecule has 0 aromatic carbocycles. The van der Waals surface area contributed by atoms with Crippen LogP contribution >= 0.6 is 11.3 Å². The Balaban J connectivity index is 2.07. The minimum Gasteiger partial charge on any atom is -0.347 e. The normalized spacial score (nSPS) is 10.6. The van der Waals surface area contributed by atoms with Gasteiger partial charge in [0.2, 0.25) is 0 Å². The second kappa shape index (κ2) is 4.77. The van der Waals surface area contributed by atoms with E-state index >= 15 is 0 Å². The number of thiazole rings is 1. The van der Waals surface area contributed by atoms with E-state index in [1.54, 1.807) is 17.8 Å². The summed E-state index contributed by atoms with van der Waals surface area (Å²) in [5.74, 6) is -0.269. The van der Waals surface area contributed by atoms with Gasteiger partial charge in [0.15, 0.2) is 0 Å². The van der Waals surface area contributed by atoms with Crippen molar-refractivity contribution in [2.75, 3.05) is 0 Å². The maximum Gasteiger partial charge on any atom is 0.305 e. The van der Waals surface area contributed by atoms with E-state index in [-0.39, 0.29) is 10.8 Å². The molecule has 6 nitrogen and oxygen atoms in total. The molecule has 7 heteroatoms. The number of amides is 1. The van der Waals surface area contributed by atoms with Gasteiger partial charge >= 0.3 is 4.87 Å². The Bertz CT molecular complexity index is 638. The Labute approximate surface area is 108 Å². The van der Waals surface area contributed by atoms with Crippen LogP contribution in [0.25, 0.3) is 0 Å². The second-order valence-electron chi connectivity index (χ2n) is 4.01. The molecular weight excluding hydrogens is 252 g/mol. The first kappa shape index (κ1) is 12.6. The molecule has 2 N–H and O–H groups in total. The third kappa shape index (κ3) is 2.35. The van der Waals surface area contributed by atoms with Crippen molar-refractivity contribution in [2.24, 2.45) is 7.05 Å². The lowest BCUT2D eigenvalue weighted by Crippen LogP contribution is -2.24. The molecule has 0 saturated carbocycles. The van der Waals surface area contributed by atoms with Crippen LogP contribution in [0.3, 0.4) is 0 Å². The number of aromatic nitrogens is 3. The van der Waals surface area contributed by atoms with E-state index in [4.69, 9.17) is 0 Å². The van der Waals surface area contributed by atoms with Crippen molar-refractivity contribution in [3.63, 3.8) is 0 Å². The average Bonchev–Trinajstić information content (AvgIpc) is 2.81. The summed E-state index contributed by atoms with van der Waals surface area (Å²) in [5.41, 5.74) is 2.30. The first-order valence-corrected chi connectivity index (χ1v) is 6.26. The third-order valence-corrected chi connectivity index (χ3v) is 3.63. The maximum absolute atomic E-state index is 11.9. The Morgan fingerprint density at radius 2 is 2.28 bits per heavy atom. The summed E-state index contributed by atoms with van der Waals surface area (Å²) in [7, 11) is 1.85. The molecule has 0 unspecified atom stereocenters. The average molecular weight is 266 g/mol. The first-order valence-electron chi connectivity index (χ1n) is 5.44. The highest BCUT2D eigenvalue weighted by molar-refractivity contribution is 7.09. The smallest absolute Gasteiger partial charge is 0.305 e. The highest BCUT2D eigenvalue weighted by atomic mass is 32.1. The van der Waals surface area contributed by atoms with Gasteiger partial charge < -0.3 is 10.3 Å². The van der Waals surface area contributed by atoms with Crippen LogP contribution in [0.15, 0.2) is 11.0 Å². The summed E-state index contributed by atoms with van der Waals surface area (Å²) in [6.07, 6.45) is 1.72. The molecule has 18 heavy (non-hydrogen) atoms. The monoisotopic (exact) mass is 266 g/mol. The summed E-state index contributed by atoms with van der Waals surface area (Å²) in [6.45, 7) is 4.08. The fraction of sp³-hybridized carbons (Fsp3) is 0.364.